The molecule has 78 valence electrons. The Morgan fingerprint density at radius 2 is 2.27 bits per heavy atom. The summed E-state index contributed by atoms with van der Waals surface area (Å²) in [6.07, 6.45) is 1.73. The molecule has 1 aliphatic heterocycles. The molecule has 0 atom stereocenters. The smallest absolute Gasteiger partial charge is 0.336 e. The van der Waals surface area contributed by atoms with E-state index < -0.39 is 12.6 Å². The minimum absolute atomic E-state index is 0.211. The van der Waals surface area contributed by atoms with Crippen LogP contribution in [0, 0.1) is 0 Å². The van der Waals surface area contributed by atoms with Gasteiger partial charge in [-0.25, -0.2) is 4.79 Å². The third-order valence-corrected chi connectivity index (χ3v) is 1.98. The lowest BCUT2D eigenvalue weighted by atomic mass is 10.1. The SMILES string of the molecule is O=C(CO)OC1=Cc2ccccc2OC1. The third kappa shape index (κ3) is 2.16. The third-order valence-electron chi connectivity index (χ3n) is 1.98. The standard InChI is InChI=1S/C11H10O4/c12-6-11(13)15-9-5-8-3-1-2-4-10(8)14-7-9/h1-5,12H,6-7H2. The lowest BCUT2D eigenvalue weighted by Crippen LogP contribution is -2.15. The number of hydrogen-bond donors (Lipinski definition) is 1. The van der Waals surface area contributed by atoms with Gasteiger partial charge in [0.05, 0.1) is 0 Å². The highest BCUT2D eigenvalue weighted by Crippen LogP contribution is 2.25. The molecular weight excluding hydrogens is 196 g/mol. The van der Waals surface area contributed by atoms with Crippen LogP contribution in [0.3, 0.4) is 0 Å². The Hall–Kier alpha value is -1.81. The van der Waals surface area contributed by atoms with E-state index in [4.69, 9.17) is 14.6 Å². The summed E-state index contributed by atoms with van der Waals surface area (Å²) in [5.74, 6) is 0.498. The van der Waals surface area contributed by atoms with Crippen LogP contribution in [0.2, 0.25) is 0 Å². The van der Waals surface area contributed by atoms with Gasteiger partial charge in [0.1, 0.15) is 24.7 Å². The molecule has 1 aromatic carbocycles. The second-order valence-corrected chi connectivity index (χ2v) is 3.07. The van der Waals surface area contributed by atoms with Crippen LogP contribution in [0.1, 0.15) is 5.56 Å². The predicted octanol–water partition coefficient (Wildman–Crippen LogP) is 0.955. The first kappa shape index (κ1) is 9.73. The summed E-state index contributed by atoms with van der Waals surface area (Å²) in [5, 5.41) is 8.52. The van der Waals surface area contributed by atoms with Crippen molar-refractivity contribution in [1.82, 2.24) is 0 Å². The fourth-order valence-corrected chi connectivity index (χ4v) is 1.33. The maximum absolute atomic E-state index is 10.8. The Kier molecular flexibility index (Phi) is 2.69. The molecule has 0 saturated heterocycles. The average molecular weight is 206 g/mol. The summed E-state index contributed by atoms with van der Waals surface area (Å²) in [7, 11) is 0. The largest absolute Gasteiger partial charge is 0.485 e. The predicted molar refractivity (Wildman–Crippen MR) is 53.1 cm³/mol. The number of esters is 1. The summed E-state index contributed by atoms with van der Waals surface area (Å²) in [6, 6.07) is 7.45. The van der Waals surface area contributed by atoms with E-state index in [0.717, 1.165) is 11.3 Å². The Morgan fingerprint density at radius 1 is 1.47 bits per heavy atom. The van der Waals surface area contributed by atoms with Crippen LogP contribution in [0.5, 0.6) is 5.75 Å². The number of rotatable bonds is 2. The average Bonchev–Trinajstić information content (AvgIpc) is 2.29. The summed E-state index contributed by atoms with van der Waals surface area (Å²) in [6.45, 7) is -0.415. The fraction of sp³-hybridized carbons (Fsp3) is 0.182. The number of fused-ring (bicyclic) bond motifs is 1. The maximum Gasteiger partial charge on any atom is 0.336 e. The molecule has 0 unspecified atom stereocenters. The van der Waals surface area contributed by atoms with Crippen LogP contribution in [-0.2, 0) is 9.53 Å². The highest BCUT2D eigenvalue weighted by molar-refractivity contribution is 5.73. The summed E-state index contributed by atoms with van der Waals surface area (Å²) in [4.78, 5) is 10.8. The van der Waals surface area contributed by atoms with Gasteiger partial charge in [-0.3, -0.25) is 0 Å². The summed E-state index contributed by atoms with van der Waals surface area (Å²) >= 11 is 0. The second-order valence-electron chi connectivity index (χ2n) is 3.07. The minimum atomic E-state index is -0.677. The number of benzene rings is 1. The van der Waals surface area contributed by atoms with E-state index in [9.17, 15) is 4.79 Å². The highest BCUT2D eigenvalue weighted by Gasteiger charge is 2.13. The second kappa shape index (κ2) is 4.14. The van der Waals surface area contributed by atoms with Gasteiger partial charge in [0, 0.05) is 5.56 Å². The van der Waals surface area contributed by atoms with E-state index in [2.05, 4.69) is 0 Å². The van der Waals surface area contributed by atoms with Crippen molar-refractivity contribution in [2.45, 2.75) is 0 Å². The lowest BCUT2D eigenvalue weighted by Gasteiger charge is -2.16. The van der Waals surface area contributed by atoms with E-state index in [1.807, 2.05) is 24.3 Å². The molecule has 1 aliphatic rings. The molecule has 0 aromatic heterocycles. The topological polar surface area (TPSA) is 55.8 Å². The number of carbonyl (C=O) groups is 1. The fourth-order valence-electron chi connectivity index (χ4n) is 1.33. The van der Waals surface area contributed by atoms with E-state index in [0.29, 0.717) is 5.76 Å². The Bertz CT molecular complexity index is 409. The molecular formula is C11H10O4. The molecule has 4 nitrogen and oxygen atoms in total. The van der Waals surface area contributed by atoms with Crippen LogP contribution in [0.4, 0.5) is 0 Å². The summed E-state index contributed by atoms with van der Waals surface area (Å²) in [5.41, 5.74) is 0.865. The van der Waals surface area contributed by atoms with Gasteiger partial charge in [0.25, 0.3) is 0 Å². The quantitative estimate of drug-likeness (QED) is 0.732. The first-order valence-corrected chi connectivity index (χ1v) is 4.53. The highest BCUT2D eigenvalue weighted by atomic mass is 16.6. The van der Waals surface area contributed by atoms with Crippen molar-refractivity contribution in [3.05, 3.63) is 35.6 Å². The molecule has 0 bridgehead atoms. The van der Waals surface area contributed by atoms with Gasteiger partial charge in [-0.1, -0.05) is 18.2 Å². The maximum atomic E-state index is 10.8. The van der Waals surface area contributed by atoms with Crippen LogP contribution < -0.4 is 4.74 Å². The van der Waals surface area contributed by atoms with Crippen molar-refractivity contribution in [3.63, 3.8) is 0 Å². The van der Waals surface area contributed by atoms with Gasteiger partial charge >= 0.3 is 5.97 Å². The lowest BCUT2D eigenvalue weighted by molar-refractivity contribution is -0.143. The van der Waals surface area contributed by atoms with Gasteiger partial charge in [0.15, 0.2) is 0 Å². The van der Waals surface area contributed by atoms with E-state index in [1.54, 1.807) is 6.08 Å². The minimum Gasteiger partial charge on any atom is -0.485 e. The Labute approximate surface area is 86.7 Å². The van der Waals surface area contributed by atoms with Crippen molar-refractivity contribution >= 4 is 12.0 Å². The number of para-hydroxylation sites is 1. The Balaban J connectivity index is 2.18. The zero-order valence-electron chi connectivity index (χ0n) is 7.97. The van der Waals surface area contributed by atoms with Gasteiger partial charge in [-0.15, -0.1) is 0 Å². The number of hydrogen-bond acceptors (Lipinski definition) is 4. The van der Waals surface area contributed by atoms with E-state index >= 15 is 0 Å². The first-order chi connectivity index (χ1) is 7.29. The normalized spacial score (nSPS) is 13.5. The molecule has 15 heavy (non-hydrogen) atoms. The zero-order valence-corrected chi connectivity index (χ0v) is 7.97. The van der Waals surface area contributed by atoms with Crippen molar-refractivity contribution in [2.24, 2.45) is 0 Å². The van der Waals surface area contributed by atoms with Crippen molar-refractivity contribution in [3.8, 4) is 5.75 Å². The van der Waals surface area contributed by atoms with Gasteiger partial charge in [-0.2, -0.15) is 0 Å². The molecule has 0 amide bonds. The Morgan fingerprint density at radius 3 is 3.07 bits per heavy atom. The number of aliphatic hydroxyl groups excluding tert-OH is 1. The van der Waals surface area contributed by atoms with Gasteiger partial charge in [-0.05, 0) is 12.1 Å². The van der Waals surface area contributed by atoms with E-state index in [-0.39, 0.29) is 6.61 Å². The molecule has 1 aromatic rings. The molecule has 0 radical (unpaired) electrons. The molecule has 1 heterocycles. The first-order valence-electron chi connectivity index (χ1n) is 4.53. The van der Waals surface area contributed by atoms with E-state index in [1.165, 1.54) is 0 Å². The molecule has 4 heteroatoms. The molecule has 0 fully saturated rings. The number of carbonyl (C=O) groups excluding carboxylic acids is 1. The zero-order chi connectivity index (χ0) is 10.7. The van der Waals surface area contributed by atoms with Crippen LogP contribution in [0.25, 0.3) is 6.08 Å². The molecule has 0 saturated carbocycles. The van der Waals surface area contributed by atoms with Gasteiger partial charge in [0.2, 0.25) is 0 Å². The molecule has 2 rings (SSSR count). The van der Waals surface area contributed by atoms with Crippen molar-refractivity contribution < 1.29 is 19.4 Å². The van der Waals surface area contributed by atoms with Crippen molar-refractivity contribution in [2.75, 3.05) is 13.2 Å². The van der Waals surface area contributed by atoms with Crippen LogP contribution in [0.15, 0.2) is 30.0 Å². The molecule has 1 N–H and O–H groups in total. The van der Waals surface area contributed by atoms with Crippen LogP contribution >= 0.6 is 0 Å². The molecule has 0 spiro atoms. The molecule has 0 aliphatic carbocycles. The van der Waals surface area contributed by atoms with Crippen LogP contribution in [-0.4, -0.2) is 24.3 Å². The van der Waals surface area contributed by atoms with Gasteiger partial charge < -0.3 is 14.6 Å². The number of ether oxygens (including phenoxy) is 2. The van der Waals surface area contributed by atoms with Crippen molar-refractivity contribution in [1.29, 1.82) is 0 Å². The number of aliphatic hydroxyl groups is 1. The monoisotopic (exact) mass is 206 g/mol. The summed E-state index contributed by atoms with van der Waals surface area (Å²) < 4.78 is 10.2.